The van der Waals surface area contributed by atoms with Crippen LogP contribution in [0.4, 0.5) is 13.2 Å². The minimum Gasteiger partial charge on any atom is -0.497 e. The molecule has 0 unspecified atom stereocenters. The first kappa shape index (κ1) is 26.1. The van der Waals surface area contributed by atoms with Gasteiger partial charge in [0.05, 0.1) is 30.7 Å². The van der Waals surface area contributed by atoms with E-state index in [0.717, 1.165) is 5.56 Å². The third kappa shape index (κ3) is 5.26. The van der Waals surface area contributed by atoms with E-state index in [1.165, 1.54) is 43.5 Å². The SMILES string of the molecule is COC(=O)c1ccc(Oc2c(C(F)(F)F)oc3c4c(ccc3c2=O)OCN(Cc2ccc(OC)cc2)C4)cc1. The maximum absolute atomic E-state index is 14.1. The fraction of sp³-hybridized carbons (Fsp3) is 0.214. The van der Waals surface area contributed by atoms with Gasteiger partial charge in [-0.25, -0.2) is 4.79 Å². The van der Waals surface area contributed by atoms with Crippen LogP contribution in [0.5, 0.6) is 23.0 Å². The highest BCUT2D eigenvalue weighted by molar-refractivity contribution is 5.89. The van der Waals surface area contributed by atoms with Gasteiger partial charge >= 0.3 is 12.1 Å². The molecule has 39 heavy (non-hydrogen) atoms. The first-order chi connectivity index (χ1) is 18.7. The minimum absolute atomic E-state index is 0.0853. The van der Waals surface area contributed by atoms with E-state index in [1.807, 2.05) is 29.2 Å². The van der Waals surface area contributed by atoms with Gasteiger partial charge in [0, 0.05) is 13.1 Å². The third-order valence-electron chi connectivity index (χ3n) is 6.18. The molecule has 1 aliphatic rings. The quantitative estimate of drug-likeness (QED) is 0.285. The van der Waals surface area contributed by atoms with Gasteiger partial charge in [0.15, 0.2) is 0 Å². The number of carbonyl (C=O) groups excluding carboxylic acids is 1. The van der Waals surface area contributed by atoms with E-state index in [-0.39, 0.29) is 35.6 Å². The predicted octanol–water partition coefficient (Wildman–Crippen LogP) is 5.75. The fourth-order valence-corrected chi connectivity index (χ4v) is 4.26. The summed E-state index contributed by atoms with van der Waals surface area (Å²) in [5.74, 6) is -2.27. The molecule has 0 spiro atoms. The molecule has 0 radical (unpaired) electrons. The van der Waals surface area contributed by atoms with Crippen LogP contribution in [0.15, 0.2) is 69.9 Å². The molecule has 0 amide bonds. The van der Waals surface area contributed by atoms with Crippen LogP contribution in [-0.2, 0) is 24.0 Å². The number of benzene rings is 3. The third-order valence-corrected chi connectivity index (χ3v) is 6.18. The van der Waals surface area contributed by atoms with Crippen molar-refractivity contribution in [1.29, 1.82) is 0 Å². The second-order valence-corrected chi connectivity index (χ2v) is 8.73. The highest BCUT2D eigenvalue weighted by Gasteiger charge is 2.41. The van der Waals surface area contributed by atoms with Crippen LogP contribution in [0.25, 0.3) is 11.0 Å². The first-order valence-corrected chi connectivity index (χ1v) is 11.7. The average Bonchev–Trinajstić information content (AvgIpc) is 2.94. The maximum atomic E-state index is 14.1. The van der Waals surface area contributed by atoms with Crippen molar-refractivity contribution in [3.63, 3.8) is 0 Å². The van der Waals surface area contributed by atoms with Crippen molar-refractivity contribution in [2.75, 3.05) is 21.0 Å². The van der Waals surface area contributed by atoms with E-state index in [1.54, 1.807) is 7.11 Å². The molecule has 2 heterocycles. The predicted molar refractivity (Wildman–Crippen MR) is 133 cm³/mol. The van der Waals surface area contributed by atoms with E-state index >= 15 is 0 Å². The molecule has 0 N–H and O–H groups in total. The summed E-state index contributed by atoms with van der Waals surface area (Å²) in [6.07, 6.45) is -5.03. The second-order valence-electron chi connectivity index (χ2n) is 8.73. The molecule has 0 saturated carbocycles. The van der Waals surface area contributed by atoms with Crippen molar-refractivity contribution in [2.24, 2.45) is 0 Å². The van der Waals surface area contributed by atoms with Gasteiger partial charge in [-0.1, -0.05) is 12.1 Å². The van der Waals surface area contributed by atoms with Gasteiger partial charge in [-0.15, -0.1) is 0 Å². The van der Waals surface area contributed by atoms with Crippen LogP contribution in [0.1, 0.15) is 27.2 Å². The zero-order chi connectivity index (χ0) is 27.7. The Morgan fingerprint density at radius 2 is 1.67 bits per heavy atom. The number of esters is 1. The van der Waals surface area contributed by atoms with E-state index in [4.69, 9.17) is 18.6 Å². The van der Waals surface area contributed by atoms with Crippen molar-refractivity contribution in [1.82, 2.24) is 4.90 Å². The highest BCUT2D eigenvalue weighted by atomic mass is 19.4. The number of ether oxygens (including phenoxy) is 4. The molecule has 11 heteroatoms. The lowest BCUT2D eigenvalue weighted by atomic mass is 10.1. The summed E-state index contributed by atoms with van der Waals surface area (Å²) in [5, 5.41) is -0.0853. The number of hydrogen-bond acceptors (Lipinski definition) is 8. The molecular formula is C28H22F3NO7. The van der Waals surface area contributed by atoms with E-state index in [0.29, 0.717) is 23.6 Å². The Balaban J connectivity index is 1.52. The van der Waals surface area contributed by atoms with Crippen LogP contribution in [0.2, 0.25) is 0 Å². The molecule has 0 bridgehead atoms. The topological polar surface area (TPSA) is 87.4 Å². The summed E-state index contributed by atoms with van der Waals surface area (Å²) in [7, 11) is 2.76. The van der Waals surface area contributed by atoms with Gasteiger partial charge in [0.25, 0.3) is 5.76 Å². The minimum atomic E-state index is -5.03. The Kier molecular flexibility index (Phi) is 6.92. The van der Waals surface area contributed by atoms with Crippen molar-refractivity contribution >= 4 is 16.9 Å². The number of fused-ring (bicyclic) bond motifs is 3. The number of alkyl halides is 3. The Labute approximate surface area is 220 Å². The van der Waals surface area contributed by atoms with Gasteiger partial charge in [-0.2, -0.15) is 13.2 Å². The molecule has 1 aliphatic heterocycles. The summed E-state index contributed by atoms with van der Waals surface area (Å²) in [6, 6.07) is 15.4. The highest BCUT2D eigenvalue weighted by Crippen LogP contribution is 2.41. The summed E-state index contributed by atoms with van der Waals surface area (Å²) in [5.41, 5.74) is 0.212. The average molecular weight is 541 g/mol. The summed E-state index contributed by atoms with van der Waals surface area (Å²) in [6.45, 7) is 0.830. The molecule has 8 nitrogen and oxygen atoms in total. The van der Waals surface area contributed by atoms with Gasteiger partial charge in [-0.05, 0) is 54.1 Å². The number of nitrogens with zero attached hydrogens (tertiary/aromatic N) is 1. The Morgan fingerprint density at radius 3 is 2.31 bits per heavy atom. The van der Waals surface area contributed by atoms with Crippen molar-refractivity contribution in [3.05, 3.63) is 93.3 Å². The van der Waals surface area contributed by atoms with Gasteiger partial charge < -0.3 is 23.4 Å². The van der Waals surface area contributed by atoms with Gasteiger partial charge in [0.2, 0.25) is 11.2 Å². The van der Waals surface area contributed by atoms with E-state index < -0.39 is 29.1 Å². The van der Waals surface area contributed by atoms with E-state index in [2.05, 4.69) is 4.74 Å². The Bertz CT molecular complexity index is 1580. The second kappa shape index (κ2) is 10.3. The summed E-state index contributed by atoms with van der Waals surface area (Å²) >= 11 is 0. The summed E-state index contributed by atoms with van der Waals surface area (Å²) < 4.78 is 68.6. The monoisotopic (exact) mass is 541 g/mol. The number of carbonyl (C=O) groups is 1. The Morgan fingerprint density at radius 1 is 0.974 bits per heavy atom. The molecule has 5 rings (SSSR count). The molecule has 202 valence electrons. The lowest BCUT2D eigenvalue weighted by Crippen LogP contribution is -2.32. The number of hydrogen-bond donors (Lipinski definition) is 0. The molecule has 4 aromatic rings. The largest absolute Gasteiger partial charge is 0.497 e. The molecule has 1 aromatic heterocycles. The Hall–Kier alpha value is -4.51. The zero-order valence-electron chi connectivity index (χ0n) is 20.8. The number of methoxy groups -OCH3 is 2. The number of halogens is 3. The van der Waals surface area contributed by atoms with Crippen molar-refractivity contribution < 1.29 is 41.3 Å². The fourth-order valence-electron chi connectivity index (χ4n) is 4.26. The smallest absolute Gasteiger partial charge is 0.453 e. The molecule has 0 aliphatic carbocycles. The van der Waals surface area contributed by atoms with Crippen LogP contribution in [-0.4, -0.2) is 31.8 Å². The van der Waals surface area contributed by atoms with Crippen LogP contribution in [0, 0.1) is 0 Å². The standard InChI is InChI=1S/C28H22F3NO7/c1-35-18-7-3-16(4-8-18)13-32-14-21-22(37-15-32)12-11-20-23(33)25(26(28(29,30)31)39-24(20)21)38-19-9-5-17(6-10-19)27(34)36-2/h3-12H,13-15H2,1-2H3. The van der Waals surface area contributed by atoms with Crippen LogP contribution >= 0.6 is 0 Å². The molecular weight excluding hydrogens is 519 g/mol. The van der Waals surface area contributed by atoms with Crippen LogP contribution < -0.4 is 19.6 Å². The van der Waals surface area contributed by atoms with Crippen LogP contribution in [0.3, 0.4) is 0 Å². The summed E-state index contributed by atoms with van der Waals surface area (Å²) in [4.78, 5) is 26.8. The van der Waals surface area contributed by atoms with Gasteiger partial charge in [0.1, 0.15) is 29.6 Å². The van der Waals surface area contributed by atoms with Gasteiger partial charge in [-0.3, -0.25) is 9.69 Å². The van der Waals surface area contributed by atoms with E-state index in [9.17, 15) is 22.8 Å². The zero-order valence-corrected chi connectivity index (χ0v) is 20.8. The first-order valence-electron chi connectivity index (χ1n) is 11.7. The molecule has 3 aromatic carbocycles. The lowest BCUT2D eigenvalue weighted by Gasteiger charge is -2.29. The molecule has 0 atom stereocenters. The molecule has 0 saturated heterocycles. The normalized spacial score (nSPS) is 13.5. The van der Waals surface area contributed by atoms with Crippen molar-refractivity contribution in [3.8, 4) is 23.0 Å². The number of rotatable bonds is 6. The maximum Gasteiger partial charge on any atom is 0.453 e. The lowest BCUT2D eigenvalue weighted by molar-refractivity contribution is -0.154. The molecule has 0 fully saturated rings. The van der Waals surface area contributed by atoms with Crippen molar-refractivity contribution in [2.45, 2.75) is 19.3 Å².